The molecule has 0 aliphatic carbocycles. The van der Waals surface area contributed by atoms with Gasteiger partial charge in [0.05, 0.1) is 13.2 Å². The molecule has 8 N–H and O–H groups in total. The summed E-state index contributed by atoms with van der Waals surface area (Å²) in [6.45, 7) is 1.41. The molecule has 0 unspecified atom stereocenters. The second-order valence-electron chi connectivity index (χ2n) is 7.17. The Labute approximate surface area is 186 Å². The Balaban J connectivity index is 1.64. The Hall–Kier alpha value is -4.07. The van der Waals surface area contributed by atoms with Crippen LogP contribution in [0.25, 0.3) is 22.3 Å². The van der Waals surface area contributed by atoms with Crippen LogP contribution >= 0.6 is 0 Å². The summed E-state index contributed by atoms with van der Waals surface area (Å²) in [5.74, 6) is 0.557. The Morgan fingerprint density at radius 2 is 1.38 bits per heavy atom. The molecular weight excluding hydrogens is 407 g/mol. The summed E-state index contributed by atoms with van der Waals surface area (Å²) in [7, 11) is 0. The van der Waals surface area contributed by atoms with E-state index in [9.17, 15) is 4.39 Å². The molecule has 0 aromatic heterocycles. The number of ether oxygens (including phenoxy) is 1. The predicted molar refractivity (Wildman–Crippen MR) is 128 cm³/mol. The first kappa shape index (κ1) is 22.6. The Morgan fingerprint density at radius 3 is 2.00 bits per heavy atom. The molecule has 0 aliphatic rings. The van der Waals surface area contributed by atoms with Crippen molar-refractivity contribution >= 4 is 11.9 Å². The van der Waals surface area contributed by atoms with Crippen molar-refractivity contribution in [3.63, 3.8) is 0 Å². The van der Waals surface area contributed by atoms with E-state index < -0.39 is 0 Å². The maximum Gasteiger partial charge on any atom is 0.186 e. The van der Waals surface area contributed by atoms with Crippen molar-refractivity contribution in [1.29, 1.82) is 0 Å². The van der Waals surface area contributed by atoms with Gasteiger partial charge in [-0.05, 0) is 40.5 Å². The van der Waals surface area contributed by atoms with Crippen LogP contribution in [0.5, 0.6) is 5.75 Å². The second-order valence-corrected chi connectivity index (χ2v) is 7.17. The summed E-state index contributed by atoms with van der Waals surface area (Å²) in [6.07, 6.45) is 0.710. The van der Waals surface area contributed by atoms with Crippen molar-refractivity contribution in [2.75, 3.05) is 13.2 Å². The maximum atomic E-state index is 14.8. The first-order valence-electron chi connectivity index (χ1n) is 10.2. The highest BCUT2D eigenvalue weighted by Crippen LogP contribution is 2.29. The van der Waals surface area contributed by atoms with E-state index in [1.165, 1.54) is 6.07 Å². The third-order valence-corrected chi connectivity index (χ3v) is 4.73. The SMILES string of the molecule is NC(N)=NCCCOc1ccc(-c2ccc(-c3ccc(CN=C(N)N)cc3)c(F)c2)cc1. The van der Waals surface area contributed by atoms with Gasteiger partial charge >= 0.3 is 0 Å². The van der Waals surface area contributed by atoms with Crippen LogP contribution in [0.1, 0.15) is 12.0 Å². The monoisotopic (exact) mass is 434 g/mol. The van der Waals surface area contributed by atoms with E-state index in [2.05, 4.69) is 9.98 Å². The molecule has 0 saturated carbocycles. The zero-order valence-corrected chi connectivity index (χ0v) is 17.7. The third kappa shape index (κ3) is 6.46. The van der Waals surface area contributed by atoms with E-state index in [-0.39, 0.29) is 17.7 Å². The first-order valence-corrected chi connectivity index (χ1v) is 10.2. The van der Waals surface area contributed by atoms with Gasteiger partial charge in [-0.25, -0.2) is 9.38 Å². The normalized spacial score (nSPS) is 10.4. The van der Waals surface area contributed by atoms with Crippen molar-refractivity contribution in [3.8, 4) is 28.0 Å². The zero-order chi connectivity index (χ0) is 22.9. The zero-order valence-electron chi connectivity index (χ0n) is 17.7. The highest BCUT2D eigenvalue weighted by molar-refractivity contribution is 5.76. The summed E-state index contributed by atoms with van der Waals surface area (Å²) in [5.41, 5.74) is 25.2. The van der Waals surface area contributed by atoms with Crippen molar-refractivity contribution in [3.05, 3.63) is 78.1 Å². The standard InChI is InChI=1S/C24H27FN6O/c25-22-14-19(17-6-9-20(10-7-17)32-13-1-12-30-23(26)27)8-11-21(22)18-4-2-16(3-5-18)15-31-24(28)29/h2-11,14H,1,12-13,15H2,(H4,26,27,30)(H4,28,29,31). The Kier molecular flexibility index (Phi) is 7.64. The molecule has 3 aromatic carbocycles. The lowest BCUT2D eigenvalue weighted by atomic mass is 9.99. The molecule has 8 heteroatoms. The van der Waals surface area contributed by atoms with Crippen LogP contribution in [-0.2, 0) is 6.54 Å². The van der Waals surface area contributed by atoms with Crippen molar-refractivity contribution < 1.29 is 9.13 Å². The van der Waals surface area contributed by atoms with Crippen molar-refractivity contribution in [2.45, 2.75) is 13.0 Å². The molecule has 0 heterocycles. The number of guanidine groups is 2. The lowest BCUT2D eigenvalue weighted by Gasteiger charge is -2.09. The van der Waals surface area contributed by atoms with Crippen LogP contribution in [-0.4, -0.2) is 25.1 Å². The molecule has 0 aliphatic heterocycles. The average molecular weight is 435 g/mol. The molecule has 32 heavy (non-hydrogen) atoms. The summed E-state index contributed by atoms with van der Waals surface area (Å²) < 4.78 is 20.5. The number of hydrogen-bond donors (Lipinski definition) is 4. The molecule has 0 bridgehead atoms. The largest absolute Gasteiger partial charge is 0.494 e. The number of nitrogens with two attached hydrogens (primary N) is 4. The van der Waals surface area contributed by atoms with E-state index in [1.54, 1.807) is 6.07 Å². The van der Waals surface area contributed by atoms with Crippen molar-refractivity contribution in [2.24, 2.45) is 32.9 Å². The lowest BCUT2D eigenvalue weighted by molar-refractivity contribution is 0.313. The number of benzene rings is 3. The Morgan fingerprint density at radius 1 is 0.750 bits per heavy atom. The fourth-order valence-corrected chi connectivity index (χ4v) is 3.11. The van der Waals surface area contributed by atoms with Gasteiger partial charge in [-0.3, -0.25) is 4.99 Å². The molecule has 7 nitrogen and oxygen atoms in total. The summed E-state index contributed by atoms with van der Waals surface area (Å²) in [5, 5.41) is 0. The van der Waals surface area contributed by atoms with Gasteiger partial charge in [0.15, 0.2) is 11.9 Å². The van der Waals surface area contributed by atoms with E-state index in [4.69, 9.17) is 27.7 Å². The highest BCUT2D eigenvalue weighted by Gasteiger charge is 2.08. The molecule has 0 fully saturated rings. The van der Waals surface area contributed by atoms with Crippen molar-refractivity contribution in [1.82, 2.24) is 0 Å². The number of aliphatic imine (C=N–C) groups is 2. The fourth-order valence-electron chi connectivity index (χ4n) is 3.11. The molecule has 3 rings (SSSR count). The van der Waals surface area contributed by atoms with Gasteiger partial charge < -0.3 is 27.7 Å². The van der Waals surface area contributed by atoms with E-state index in [0.717, 1.165) is 28.0 Å². The molecular formula is C24H27FN6O. The van der Waals surface area contributed by atoms with Crippen LogP contribution in [0.15, 0.2) is 76.7 Å². The molecule has 0 radical (unpaired) electrons. The van der Waals surface area contributed by atoms with Gasteiger partial charge in [0.25, 0.3) is 0 Å². The summed E-state index contributed by atoms with van der Waals surface area (Å²) in [6, 6.07) is 20.2. The highest BCUT2D eigenvalue weighted by atomic mass is 19.1. The smallest absolute Gasteiger partial charge is 0.186 e. The third-order valence-electron chi connectivity index (χ3n) is 4.73. The minimum absolute atomic E-state index is 0.0400. The van der Waals surface area contributed by atoms with Gasteiger partial charge in [0, 0.05) is 18.5 Å². The lowest BCUT2D eigenvalue weighted by Crippen LogP contribution is -2.23. The van der Waals surface area contributed by atoms with E-state index in [0.29, 0.717) is 31.7 Å². The molecule has 0 spiro atoms. The molecule has 0 amide bonds. The Bertz CT molecular complexity index is 1090. The van der Waals surface area contributed by atoms with Crippen LogP contribution in [0.2, 0.25) is 0 Å². The molecule has 166 valence electrons. The number of rotatable bonds is 9. The van der Waals surface area contributed by atoms with Crippen LogP contribution in [0.3, 0.4) is 0 Å². The number of hydrogen-bond acceptors (Lipinski definition) is 3. The molecule has 0 atom stereocenters. The maximum absolute atomic E-state index is 14.8. The van der Waals surface area contributed by atoms with Crippen LogP contribution < -0.4 is 27.7 Å². The van der Waals surface area contributed by atoms with Gasteiger partial charge in [-0.15, -0.1) is 0 Å². The van der Waals surface area contributed by atoms with E-state index in [1.807, 2.05) is 54.6 Å². The van der Waals surface area contributed by atoms with Crippen LogP contribution in [0, 0.1) is 5.82 Å². The minimum atomic E-state index is -0.292. The number of halogens is 1. The quantitative estimate of drug-likeness (QED) is 0.233. The minimum Gasteiger partial charge on any atom is -0.494 e. The first-order chi connectivity index (χ1) is 15.4. The second kappa shape index (κ2) is 10.8. The van der Waals surface area contributed by atoms with Gasteiger partial charge in [-0.1, -0.05) is 48.5 Å². The van der Waals surface area contributed by atoms with E-state index >= 15 is 0 Å². The number of nitrogens with zero attached hydrogens (tertiary/aromatic N) is 2. The van der Waals surface area contributed by atoms with Gasteiger partial charge in [0.2, 0.25) is 0 Å². The summed E-state index contributed by atoms with van der Waals surface area (Å²) >= 11 is 0. The predicted octanol–water partition coefficient (Wildman–Crippen LogP) is 2.98. The fraction of sp³-hybridized carbons (Fsp3) is 0.167. The topological polar surface area (TPSA) is 138 Å². The average Bonchev–Trinajstić information content (AvgIpc) is 2.78. The summed E-state index contributed by atoms with van der Waals surface area (Å²) in [4.78, 5) is 7.88. The molecule has 0 saturated heterocycles. The van der Waals surface area contributed by atoms with Crippen LogP contribution in [0.4, 0.5) is 4.39 Å². The van der Waals surface area contributed by atoms with Gasteiger partial charge in [-0.2, -0.15) is 0 Å². The molecule has 3 aromatic rings. The van der Waals surface area contributed by atoms with Gasteiger partial charge in [0.1, 0.15) is 11.6 Å².